The second-order valence-electron chi connectivity index (χ2n) is 9.95. The molecule has 7 heteroatoms. The average Bonchev–Trinajstić information content (AvgIpc) is 3.09. The topological polar surface area (TPSA) is 80.8 Å². The van der Waals surface area contributed by atoms with E-state index in [0.717, 1.165) is 46.4 Å². The molecular formula is C33H45ClN4O2. The van der Waals surface area contributed by atoms with E-state index < -0.39 is 5.60 Å². The number of hydrogen-bond donors (Lipinski definition) is 1. The highest BCUT2D eigenvalue weighted by molar-refractivity contribution is 6.31. The van der Waals surface area contributed by atoms with Crippen LogP contribution in [0, 0.1) is 0 Å². The van der Waals surface area contributed by atoms with Crippen LogP contribution >= 0.6 is 11.6 Å². The zero-order valence-electron chi connectivity index (χ0n) is 25.3. The maximum Gasteiger partial charge on any atom is 0.410 e. The van der Waals surface area contributed by atoms with Crippen molar-refractivity contribution >= 4 is 41.1 Å². The van der Waals surface area contributed by atoms with Gasteiger partial charge in [0.2, 0.25) is 0 Å². The third-order valence-electron chi connectivity index (χ3n) is 6.21. The molecule has 40 heavy (non-hydrogen) atoms. The maximum absolute atomic E-state index is 12.6. The van der Waals surface area contributed by atoms with Gasteiger partial charge < -0.3 is 15.4 Å². The summed E-state index contributed by atoms with van der Waals surface area (Å²) >= 11 is 6.48. The van der Waals surface area contributed by atoms with E-state index in [9.17, 15) is 4.79 Å². The Hall–Kier alpha value is -3.22. The summed E-state index contributed by atoms with van der Waals surface area (Å²) in [5.74, 6) is 0. The van der Waals surface area contributed by atoms with Crippen molar-refractivity contribution in [1.29, 1.82) is 0 Å². The molecular weight excluding hydrogens is 520 g/mol. The zero-order valence-corrected chi connectivity index (χ0v) is 26.0. The summed E-state index contributed by atoms with van der Waals surface area (Å²) in [4.78, 5) is 23.4. The minimum absolute atomic E-state index is 0.269. The van der Waals surface area contributed by atoms with Crippen molar-refractivity contribution < 1.29 is 9.53 Å². The van der Waals surface area contributed by atoms with Crippen molar-refractivity contribution in [3.05, 3.63) is 81.8 Å². The van der Waals surface area contributed by atoms with Gasteiger partial charge in [-0.25, -0.2) is 4.79 Å². The Kier molecular flexibility index (Phi) is 12.8. The van der Waals surface area contributed by atoms with Gasteiger partial charge in [-0.1, -0.05) is 57.0 Å². The summed E-state index contributed by atoms with van der Waals surface area (Å²) in [6.07, 6.45) is 10.4. The number of carbonyl (C=O) groups excluding carboxylic acids is 1. The summed E-state index contributed by atoms with van der Waals surface area (Å²) in [7, 11) is 0. The van der Waals surface area contributed by atoms with E-state index in [4.69, 9.17) is 27.1 Å². The fourth-order valence-electron chi connectivity index (χ4n) is 4.59. The van der Waals surface area contributed by atoms with Crippen molar-refractivity contribution in [1.82, 2.24) is 9.88 Å². The molecule has 1 aromatic carbocycles. The van der Waals surface area contributed by atoms with Crippen LogP contribution in [-0.4, -0.2) is 46.9 Å². The van der Waals surface area contributed by atoms with Crippen LogP contribution in [0.2, 0.25) is 5.02 Å². The molecule has 1 aromatic heterocycles. The van der Waals surface area contributed by atoms with Crippen LogP contribution in [0.5, 0.6) is 0 Å². The van der Waals surface area contributed by atoms with Crippen LogP contribution in [0.15, 0.2) is 59.4 Å². The predicted octanol–water partition coefficient (Wildman–Crippen LogP) is 8.41. The van der Waals surface area contributed by atoms with E-state index >= 15 is 0 Å². The Balaban J connectivity index is 0.00000134. The molecule has 2 N–H and O–H groups in total. The minimum Gasteiger partial charge on any atom is -0.444 e. The number of carbonyl (C=O) groups is 1. The number of likely N-dealkylation sites (tertiary alicyclic amines) is 1. The SMILES string of the molecule is CC.CC.CC=N/C=C/C(N)C1=Cc2cccnc2C(=C2CCN(C(=O)OC(C)(C)C)CC2)c2ccc(Cl)cc21. The van der Waals surface area contributed by atoms with Gasteiger partial charge in [0.15, 0.2) is 0 Å². The van der Waals surface area contributed by atoms with E-state index in [2.05, 4.69) is 23.2 Å². The van der Waals surface area contributed by atoms with Crippen molar-refractivity contribution in [3.63, 3.8) is 0 Å². The Morgan fingerprint density at radius 3 is 2.42 bits per heavy atom. The second kappa shape index (κ2) is 15.5. The lowest BCUT2D eigenvalue weighted by Crippen LogP contribution is -2.40. The van der Waals surface area contributed by atoms with Gasteiger partial charge in [-0.2, -0.15) is 0 Å². The highest BCUT2D eigenvalue weighted by atomic mass is 35.5. The van der Waals surface area contributed by atoms with Gasteiger partial charge in [-0.3, -0.25) is 9.98 Å². The lowest BCUT2D eigenvalue weighted by atomic mass is 9.86. The molecule has 1 atom stereocenters. The number of ether oxygens (including phenoxy) is 1. The van der Waals surface area contributed by atoms with E-state index in [1.807, 2.05) is 85.9 Å². The number of aliphatic imine (C=N–C) groups is 1. The molecule has 2 heterocycles. The van der Waals surface area contributed by atoms with Crippen molar-refractivity contribution in [2.45, 2.75) is 79.9 Å². The lowest BCUT2D eigenvalue weighted by Gasteiger charge is -2.32. The summed E-state index contributed by atoms with van der Waals surface area (Å²) in [5, 5.41) is 0.644. The predicted molar refractivity (Wildman–Crippen MR) is 171 cm³/mol. The third-order valence-corrected chi connectivity index (χ3v) is 6.44. The van der Waals surface area contributed by atoms with Crippen molar-refractivity contribution in [3.8, 4) is 0 Å². The molecule has 4 rings (SSSR count). The van der Waals surface area contributed by atoms with Crippen LogP contribution < -0.4 is 5.73 Å². The number of rotatable bonds is 3. The summed E-state index contributed by atoms with van der Waals surface area (Å²) < 4.78 is 5.59. The number of pyridine rings is 1. The van der Waals surface area contributed by atoms with E-state index in [1.165, 1.54) is 5.57 Å². The summed E-state index contributed by atoms with van der Waals surface area (Å²) in [6, 6.07) is 9.56. The van der Waals surface area contributed by atoms with Gasteiger partial charge in [0.05, 0.1) is 11.7 Å². The molecule has 1 amide bonds. The Morgan fingerprint density at radius 2 is 1.80 bits per heavy atom. The van der Waals surface area contributed by atoms with Gasteiger partial charge >= 0.3 is 6.09 Å². The highest BCUT2D eigenvalue weighted by Crippen LogP contribution is 2.42. The largest absolute Gasteiger partial charge is 0.444 e. The molecule has 1 aliphatic carbocycles. The first-order valence-electron chi connectivity index (χ1n) is 14.2. The normalized spacial score (nSPS) is 15.7. The first-order chi connectivity index (χ1) is 19.2. The molecule has 1 unspecified atom stereocenters. The lowest BCUT2D eigenvalue weighted by molar-refractivity contribution is 0.0236. The van der Waals surface area contributed by atoms with Gasteiger partial charge in [0.25, 0.3) is 0 Å². The first kappa shape index (κ1) is 33.0. The summed E-state index contributed by atoms with van der Waals surface area (Å²) in [5.41, 5.74) is 13.4. The van der Waals surface area contributed by atoms with Crippen LogP contribution in [0.25, 0.3) is 17.2 Å². The van der Waals surface area contributed by atoms with Crippen molar-refractivity contribution in [2.75, 3.05) is 13.1 Å². The minimum atomic E-state index is -0.518. The monoisotopic (exact) mass is 564 g/mol. The molecule has 1 saturated heterocycles. The maximum atomic E-state index is 12.6. The number of amides is 1. The van der Waals surface area contributed by atoms with Crippen molar-refractivity contribution in [2.24, 2.45) is 10.7 Å². The van der Waals surface area contributed by atoms with Crippen LogP contribution in [0.1, 0.15) is 90.6 Å². The fraction of sp³-hybridized carbons (Fsp3) is 0.424. The van der Waals surface area contributed by atoms with Crippen LogP contribution in [-0.2, 0) is 4.74 Å². The second-order valence-corrected chi connectivity index (χ2v) is 10.4. The molecule has 2 aromatic rings. The number of aromatic nitrogens is 1. The summed E-state index contributed by atoms with van der Waals surface area (Å²) in [6.45, 7) is 16.7. The van der Waals surface area contributed by atoms with Crippen LogP contribution in [0.3, 0.4) is 0 Å². The van der Waals surface area contributed by atoms with Gasteiger partial charge in [-0.15, -0.1) is 0 Å². The molecule has 0 saturated carbocycles. The third kappa shape index (κ3) is 8.39. The average molecular weight is 565 g/mol. The molecule has 6 nitrogen and oxygen atoms in total. The number of benzene rings is 1. The Morgan fingerprint density at radius 1 is 1.12 bits per heavy atom. The number of hydrogen-bond acceptors (Lipinski definition) is 5. The van der Waals surface area contributed by atoms with Gasteiger partial charge in [-0.05, 0) is 87.6 Å². The van der Waals surface area contributed by atoms with Gasteiger partial charge in [0.1, 0.15) is 5.60 Å². The Labute approximate surface area is 245 Å². The molecule has 0 spiro atoms. The molecule has 1 fully saturated rings. The highest BCUT2D eigenvalue weighted by Gasteiger charge is 2.29. The Bertz CT molecular complexity index is 1260. The van der Waals surface area contributed by atoms with E-state index in [-0.39, 0.29) is 12.1 Å². The quantitative estimate of drug-likeness (QED) is 0.379. The zero-order chi connectivity index (χ0) is 29.9. The molecule has 0 radical (unpaired) electrons. The number of fused-ring (bicyclic) bond motifs is 2. The number of nitrogens with zero attached hydrogens (tertiary/aromatic N) is 3. The first-order valence-corrected chi connectivity index (χ1v) is 14.6. The van der Waals surface area contributed by atoms with Crippen LogP contribution in [0.4, 0.5) is 4.79 Å². The van der Waals surface area contributed by atoms with E-state index in [1.54, 1.807) is 17.3 Å². The number of halogens is 1. The number of piperidine rings is 1. The molecule has 0 bridgehead atoms. The smallest absolute Gasteiger partial charge is 0.410 e. The van der Waals surface area contributed by atoms with E-state index in [0.29, 0.717) is 18.1 Å². The molecule has 216 valence electrons. The fourth-order valence-corrected chi connectivity index (χ4v) is 4.76. The standard InChI is InChI=1S/C29H33ClN4O2.2C2H6/c1-5-32-14-10-25(31)24-17-20-7-6-13-33-27(20)26(22-9-8-21(30)18-23(22)24)19-11-15-34(16-12-19)28(35)36-29(2,3)4;2*1-2/h5-10,13-14,17-18,25H,11-12,15-16,31H2,1-4H3;2*1-2H3/b14-10+,32-5?;;. The molecule has 1 aliphatic heterocycles. The van der Waals surface area contributed by atoms with Gasteiger partial charge in [0, 0.05) is 47.9 Å². The molecule has 2 aliphatic rings. The number of nitrogens with two attached hydrogens (primary N) is 1.